The first-order valence-corrected chi connectivity index (χ1v) is 9.52. The lowest BCUT2D eigenvalue weighted by Gasteiger charge is -2.05. The molecule has 0 radical (unpaired) electrons. The lowest BCUT2D eigenvalue weighted by Crippen LogP contribution is -2.14. The molecule has 0 aliphatic carbocycles. The van der Waals surface area contributed by atoms with Gasteiger partial charge in [-0.25, -0.2) is 0 Å². The molecule has 9 heteroatoms. The van der Waals surface area contributed by atoms with Gasteiger partial charge in [0.1, 0.15) is 0 Å². The first-order chi connectivity index (χ1) is 12.4. The van der Waals surface area contributed by atoms with E-state index in [9.17, 15) is 4.79 Å². The number of carbonyl (C=O) groups excluding carboxylic acids is 1. The monoisotopic (exact) mass is 427 g/mol. The summed E-state index contributed by atoms with van der Waals surface area (Å²) in [6.45, 7) is 1.89. The maximum absolute atomic E-state index is 12.0. The molecule has 3 aromatic rings. The summed E-state index contributed by atoms with van der Waals surface area (Å²) in [6.07, 6.45) is 0. The first-order valence-electron chi connectivity index (χ1n) is 7.40. The van der Waals surface area contributed by atoms with Crippen LogP contribution in [0.3, 0.4) is 0 Å². The average Bonchev–Trinajstić information content (AvgIpc) is 3.05. The Morgan fingerprint density at radius 1 is 1.12 bits per heavy atom. The second-order valence-corrected chi connectivity index (χ2v) is 7.48. The molecule has 0 bridgehead atoms. The first kappa shape index (κ1) is 19.0. The van der Waals surface area contributed by atoms with E-state index < -0.39 is 0 Å². The van der Waals surface area contributed by atoms with Crippen molar-refractivity contribution in [3.8, 4) is 11.5 Å². The van der Waals surface area contributed by atoms with Gasteiger partial charge in [-0.1, -0.05) is 52.6 Å². The highest BCUT2D eigenvalue weighted by Gasteiger charge is 2.14. The molecule has 0 fully saturated rings. The fourth-order valence-corrected chi connectivity index (χ4v) is 3.27. The van der Waals surface area contributed by atoms with Crippen LogP contribution in [0.25, 0.3) is 11.5 Å². The molecule has 1 heterocycles. The predicted octanol–water partition coefficient (Wildman–Crippen LogP) is 5.74. The molecule has 0 aliphatic heterocycles. The van der Waals surface area contributed by atoms with Gasteiger partial charge < -0.3 is 9.73 Å². The van der Waals surface area contributed by atoms with Crippen LogP contribution in [0, 0.1) is 6.92 Å². The zero-order valence-electron chi connectivity index (χ0n) is 13.4. The molecule has 134 valence electrons. The highest BCUT2D eigenvalue weighted by Crippen LogP contribution is 2.31. The van der Waals surface area contributed by atoms with Gasteiger partial charge in [-0.05, 0) is 42.8 Å². The molecule has 2 aromatic carbocycles. The van der Waals surface area contributed by atoms with Gasteiger partial charge in [0.25, 0.3) is 5.22 Å². The number of benzene rings is 2. The molecule has 1 aromatic heterocycles. The Bertz CT molecular complexity index is 962. The molecule has 1 amide bonds. The Morgan fingerprint density at radius 3 is 2.65 bits per heavy atom. The number of nitrogens with one attached hydrogen (secondary N) is 1. The van der Waals surface area contributed by atoms with Gasteiger partial charge in [0.15, 0.2) is 0 Å². The second kappa shape index (κ2) is 8.31. The van der Waals surface area contributed by atoms with Crippen LogP contribution in [0.2, 0.25) is 15.1 Å². The zero-order chi connectivity index (χ0) is 18.7. The molecular weight excluding hydrogens is 417 g/mol. The van der Waals surface area contributed by atoms with E-state index in [1.165, 1.54) is 0 Å². The van der Waals surface area contributed by atoms with E-state index >= 15 is 0 Å². The van der Waals surface area contributed by atoms with Crippen LogP contribution in [0.1, 0.15) is 5.56 Å². The van der Waals surface area contributed by atoms with Crippen molar-refractivity contribution in [1.82, 2.24) is 10.2 Å². The summed E-state index contributed by atoms with van der Waals surface area (Å²) in [4.78, 5) is 12.0. The van der Waals surface area contributed by atoms with Crippen LogP contribution >= 0.6 is 46.6 Å². The SMILES string of the molecule is Cc1ccc(NC(=O)CSc2nnc(-c3ccc(Cl)cc3Cl)o2)cc1Cl. The number of anilines is 1. The quantitative estimate of drug-likeness (QED) is 0.525. The van der Waals surface area contributed by atoms with Crippen LogP contribution in [-0.2, 0) is 4.79 Å². The minimum Gasteiger partial charge on any atom is -0.411 e. The molecule has 0 saturated heterocycles. The van der Waals surface area contributed by atoms with Gasteiger partial charge in [-0.15, -0.1) is 10.2 Å². The standard InChI is InChI=1S/C17H12Cl3N3O2S/c1-9-2-4-11(7-13(9)19)21-15(24)8-26-17-23-22-16(25-17)12-5-3-10(18)6-14(12)20/h2-7H,8H2,1H3,(H,21,24). The fourth-order valence-electron chi connectivity index (χ4n) is 2.03. The number of aromatic nitrogens is 2. The van der Waals surface area contributed by atoms with Crippen LogP contribution < -0.4 is 5.32 Å². The largest absolute Gasteiger partial charge is 0.411 e. The zero-order valence-corrected chi connectivity index (χ0v) is 16.5. The third-order valence-corrected chi connectivity index (χ3v) is 5.12. The summed E-state index contributed by atoms with van der Waals surface area (Å²) in [5.74, 6) is 0.167. The number of thioether (sulfide) groups is 1. The van der Waals surface area contributed by atoms with Gasteiger partial charge in [0, 0.05) is 15.7 Å². The predicted molar refractivity (Wildman–Crippen MR) is 105 cm³/mol. The Morgan fingerprint density at radius 2 is 1.92 bits per heavy atom. The Hall–Kier alpha value is -1.73. The van der Waals surface area contributed by atoms with Crippen LogP contribution in [0.15, 0.2) is 46.0 Å². The summed E-state index contributed by atoms with van der Waals surface area (Å²) >= 11 is 19.2. The number of hydrogen-bond acceptors (Lipinski definition) is 5. The van der Waals surface area contributed by atoms with Crippen molar-refractivity contribution in [2.45, 2.75) is 12.1 Å². The Labute approximate surface area is 169 Å². The van der Waals surface area contributed by atoms with Crippen molar-refractivity contribution in [2.75, 3.05) is 11.1 Å². The number of carbonyl (C=O) groups is 1. The summed E-state index contributed by atoms with van der Waals surface area (Å²) in [7, 11) is 0. The van der Waals surface area contributed by atoms with Crippen LogP contribution in [0.5, 0.6) is 0 Å². The van der Waals surface area contributed by atoms with E-state index in [0.717, 1.165) is 17.3 Å². The van der Waals surface area contributed by atoms with Gasteiger partial charge in [0.2, 0.25) is 11.8 Å². The molecule has 0 saturated carbocycles. The van der Waals surface area contributed by atoms with Crippen molar-refractivity contribution in [3.63, 3.8) is 0 Å². The molecule has 5 nitrogen and oxygen atoms in total. The Balaban J connectivity index is 1.60. The maximum atomic E-state index is 12.0. The summed E-state index contributed by atoms with van der Waals surface area (Å²) in [5.41, 5.74) is 2.15. The number of hydrogen-bond donors (Lipinski definition) is 1. The molecule has 0 atom stereocenters. The van der Waals surface area contributed by atoms with Gasteiger partial charge in [0.05, 0.1) is 16.3 Å². The minimum atomic E-state index is -0.209. The Kier molecular flexibility index (Phi) is 6.09. The third-order valence-electron chi connectivity index (χ3n) is 3.35. The second-order valence-electron chi connectivity index (χ2n) is 5.30. The van der Waals surface area contributed by atoms with Gasteiger partial charge in [-0.2, -0.15) is 0 Å². The minimum absolute atomic E-state index is 0.113. The molecule has 0 unspecified atom stereocenters. The smallest absolute Gasteiger partial charge is 0.277 e. The maximum Gasteiger partial charge on any atom is 0.277 e. The van der Waals surface area contributed by atoms with E-state index in [4.69, 9.17) is 39.2 Å². The molecule has 3 rings (SSSR count). The van der Waals surface area contributed by atoms with Crippen LogP contribution in [0.4, 0.5) is 5.69 Å². The fraction of sp³-hybridized carbons (Fsp3) is 0.118. The van der Waals surface area contributed by atoms with Crippen molar-refractivity contribution in [3.05, 3.63) is 57.0 Å². The van der Waals surface area contributed by atoms with Crippen molar-refractivity contribution in [1.29, 1.82) is 0 Å². The van der Waals surface area contributed by atoms with E-state index in [0.29, 0.717) is 26.3 Å². The van der Waals surface area contributed by atoms with E-state index in [1.54, 1.807) is 30.3 Å². The van der Waals surface area contributed by atoms with Crippen LogP contribution in [-0.4, -0.2) is 21.9 Å². The number of nitrogens with zero attached hydrogens (tertiary/aromatic N) is 2. The lowest BCUT2D eigenvalue weighted by atomic mass is 10.2. The number of aryl methyl sites for hydroxylation is 1. The number of halogens is 3. The molecular formula is C17H12Cl3N3O2S. The van der Waals surface area contributed by atoms with Crippen molar-refractivity contribution in [2.24, 2.45) is 0 Å². The lowest BCUT2D eigenvalue weighted by molar-refractivity contribution is -0.113. The summed E-state index contributed by atoms with van der Waals surface area (Å²) in [5, 5.41) is 12.4. The van der Waals surface area contributed by atoms with Crippen molar-refractivity contribution < 1.29 is 9.21 Å². The molecule has 0 spiro atoms. The molecule has 26 heavy (non-hydrogen) atoms. The van der Waals surface area contributed by atoms with Gasteiger partial charge in [-0.3, -0.25) is 4.79 Å². The molecule has 0 aliphatic rings. The summed E-state index contributed by atoms with van der Waals surface area (Å²) in [6, 6.07) is 10.3. The summed E-state index contributed by atoms with van der Waals surface area (Å²) < 4.78 is 5.54. The topological polar surface area (TPSA) is 68.0 Å². The highest BCUT2D eigenvalue weighted by atomic mass is 35.5. The van der Waals surface area contributed by atoms with E-state index in [-0.39, 0.29) is 22.8 Å². The number of rotatable bonds is 5. The average molecular weight is 429 g/mol. The molecule has 1 N–H and O–H groups in total. The van der Waals surface area contributed by atoms with E-state index in [2.05, 4.69) is 15.5 Å². The third kappa shape index (κ3) is 4.71. The van der Waals surface area contributed by atoms with Crippen molar-refractivity contribution >= 4 is 58.2 Å². The van der Waals surface area contributed by atoms with E-state index in [1.807, 2.05) is 13.0 Å². The normalized spacial score (nSPS) is 10.8. The van der Waals surface area contributed by atoms with Gasteiger partial charge >= 0.3 is 0 Å². The number of amides is 1. The highest BCUT2D eigenvalue weighted by molar-refractivity contribution is 7.99.